The average Bonchev–Trinajstić information content (AvgIpc) is 3.97. The second-order valence-electron chi connectivity index (χ2n) is 17.1. The van der Waals surface area contributed by atoms with Crippen molar-refractivity contribution in [2.75, 3.05) is 0 Å². The molecule has 0 aliphatic rings. The third-order valence-corrected chi connectivity index (χ3v) is 12.7. The summed E-state index contributed by atoms with van der Waals surface area (Å²) in [6, 6.07) is 76.9. The van der Waals surface area contributed by atoms with Gasteiger partial charge in [-0.25, -0.2) is 4.98 Å². The monoisotopic (exact) mass is 888 g/mol. The summed E-state index contributed by atoms with van der Waals surface area (Å²) >= 11 is 0. The van der Waals surface area contributed by atoms with Crippen LogP contribution in [-0.4, -0.2) is 19.5 Å². The molecule has 0 amide bonds. The molecule has 5 nitrogen and oxygen atoms in total. The van der Waals surface area contributed by atoms with E-state index in [4.69, 9.17) is 19.4 Å². The number of para-hydroxylation sites is 1. The van der Waals surface area contributed by atoms with Crippen molar-refractivity contribution < 1.29 is 4.42 Å². The minimum Gasteiger partial charge on any atom is -0.456 e. The summed E-state index contributed by atoms with van der Waals surface area (Å²) in [5.74, 6) is 1.73. The molecule has 0 aliphatic carbocycles. The molecular weight excluding hydrogens is 841 g/mol. The van der Waals surface area contributed by atoms with Crippen molar-refractivity contribution in [2.45, 2.75) is 20.3 Å². The average molecular weight is 889 g/mol. The zero-order valence-corrected chi connectivity index (χ0v) is 38.6. The van der Waals surface area contributed by atoms with E-state index in [0.717, 1.165) is 93.6 Å². The van der Waals surface area contributed by atoms with Crippen LogP contribution in [0.15, 0.2) is 236 Å². The molecule has 3 heterocycles. The van der Waals surface area contributed by atoms with Gasteiger partial charge in [0.05, 0.1) is 11.0 Å². The highest BCUT2D eigenvalue weighted by Gasteiger charge is 2.22. The standard InChI is InChI=1S/C59H36N4O.C3H8.C2H4/c1-3-12-37(13-4-1)39-22-26-42(27-23-39)57-60-58(43-28-24-40(25-29-43)38-14-5-2-6-15-38)62-59(61-57)63-52-35-45-18-8-7-17-44(45)34-51(52)49-21-11-20-48(56(49)63)46-30-32-50-54(36-46)64-53-33-31-41-16-9-10-19-47(41)55(50)53;1-3-2;1-2/h1-36H;3H2,1-2H3;1-2H2. The Bertz CT molecular complexity index is 3860. The molecule has 0 fully saturated rings. The van der Waals surface area contributed by atoms with E-state index in [1.807, 2.05) is 12.1 Å². The number of nitrogens with zero attached hydrogens (tertiary/aromatic N) is 4. The van der Waals surface area contributed by atoms with Crippen LogP contribution >= 0.6 is 0 Å². The third-order valence-electron chi connectivity index (χ3n) is 12.7. The van der Waals surface area contributed by atoms with E-state index >= 15 is 0 Å². The fourth-order valence-corrected chi connectivity index (χ4v) is 9.51. The molecule has 13 rings (SSSR count). The maximum absolute atomic E-state index is 6.62. The lowest BCUT2D eigenvalue weighted by Crippen LogP contribution is -2.07. The van der Waals surface area contributed by atoms with Gasteiger partial charge in [0.15, 0.2) is 11.6 Å². The third kappa shape index (κ3) is 7.80. The second-order valence-corrected chi connectivity index (χ2v) is 17.1. The van der Waals surface area contributed by atoms with E-state index in [-0.39, 0.29) is 0 Å². The first-order valence-electron chi connectivity index (χ1n) is 23.5. The van der Waals surface area contributed by atoms with Gasteiger partial charge in [-0.1, -0.05) is 208 Å². The van der Waals surface area contributed by atoms with Gasteiger partial charge in [-0.2, -0.15) is 9.97 Å². The smallest absolute Gasteiger partial charge is 0.238 e. The van der Waals surface area contributed by atoms with Crippen LogP contribution in [-0.2, 0) is 0 Å². The van der Waals surface area contributed by atoms with Crippen LogP contribution in [0.1, 0.15) is 20.3 Å². The van der Waals surface area contributed by atoms with Gasteiger partial charge in [0.2, 0.25) is 5.95 Å². The fourth-order valence-electron chi connectivity index (χ4n) is 9.51. The molecule has 5 heteroatoms. The maximum atomic E-state index is 6.62. The van der Waals surface area contributed by atoms with Gasteiger partial charge in [0.1, 0.15) is 11.2 Å². The molecule has 0 unspecified atom stereocenters. The Kier molecular flexibility index (Phi) is 11.4. The molecule has 0 atom stereocenters. The number of aromatic nitrogens is 4. The lowest BCUT2D eigenvalue weighted by Gasteiger charge is -2.13. The van der Waals surface area contributed by atoms with Gasteiger partial charge < -0.3 is 4.42 Å². The van der Waals surface area contributed by atoms with Gasteiger partial charge in [0.25, 0.3) is 0 Å². The van der Waals surface area contributed by atoms with Crippen LogP contribution in [0.25, 0.3) is 127 Å². The molecule has 3 aromatic heterocycles. The number of furan rings is 1. The van der Waals surface area contributed by atoms with Crippen molar-refractivity contribution in [3.8, 4) is 62.1 Å². The molecule has 0 N–H and O–H groups in total. The second kappa shape index (κ2) is 18.4. The van der Waals surface area contributed by atoms with Crippen LogP contribution in [0.3, 0.4) is 0 Å². The SMILES string of the molecule is C=C.CCC.c1ccc(-c2ccc(-c3nc(-c4ccc(-c5ccccc5)cc4)nc(-n4c5cc6ccccc6cc5c5cccc(-c6ccc7c(c6)oc6ccc8ccccc8c67)c54)n3)cc2)cc1. The summed E-state index contributed by atoms with van der Waals surface area (Å²) in [5.41, 5.74) is 12.2. The summed E-state index contributed by atoms with van der Waals surface area (Å²) in [4.78, 5) is 16.0. The Morgan fingerprint density at radius 2 is 0.899 bits per heavy atom. The molecule has 0 spiro atoms. The molecule has 69 heavy (non-hydrogen) atoms. The van der Waals surface area contributed by atoms with Gasteiger partial charge in [0, 0.05) is 38.2 Å². The minimum atomic E-state index is 0.540. The quantitative estimate of drug-likeness (QED) is 0.156. The van der Waals surface area contributed by atoms with E-state index in [0.29, 0.717) is 17.6 Å². The van der Waals surface area contributed by atoms with E-state index in [2.05, 4.69) is 238 Å². The van der Waals surface area contributed by atoms with E-state index < -0.39 is 0 Å². The van der Waals surface area contributed by atoms with Crippen molar-refractivity contribution in [1.29, 1.82) is 0 Å². The summed E-state index contributed by atoms with van der Waals surface area (Å²) < 4.78 is 8.87. The largest absolute Gasteiger partial charge is 0.456 e. The van der Waals surface area contributed by atoms with Crippen molar-refractivity contribution in [3.05, 3.63) is 232 Å². The zero-order chi connectivity index (χ0) is 46.8. The minimum absolute atomic E-state index is 0.540. The summed E-state index contributed by atoms with van der Waals surface area (Å²) in [6.45, 7) is 10.2. The Morgan fingerprint density at radius 3 is 1.52 bits per heavy atom. The van der Waals surface area contributed by atoms with E-state index in [1.54, 1.807) is 0 Å². The normalized spacial score (nSPS) is 11.2. The number of benzene rings is 10. The Labute approximate surface area is 401 Å². The number of hydrogen-bond acceptors (Lipinski definition) is 4. The van der Waals surface area contributed by atoms with Crippen molar-refractivity contribution in [2.24, 2.45) is 0 Å². The first-order valence-corrected chi connectivity index (χ1v) is 23.5. The van der Waals surface area contributed by atoms with Crippen LogP contribution in [0.4, 0.5) is 0 Å². The molecular formula is C64H48N4O. The first-order chi connectivity index (χ1) is 34.1. The van der Waals surface area contributed by atoms with Crippen LogP contribution in [0.2, 0.25) is 0 Å². The summed E-state index contributed by atoms with van der Waals surface area (Å²) in [6.07, 6.45) is 1.25. The molecule has 10 aromatic carbocycles. The molecule has 13 aromatic rings. The van der Waals surface area contributed by atoms with Gasteiger partial charge in [-0.05, 0) is 79.7 Å². The number of hydrogen-bond donors (Lipinski definition) is 0. The maximum Gasteiger partial charge on any atom is 0.238 e. The highest BCUT2D eigenvalue weighted by Crippen LogP contribution is 2.42. The van der Waals surface area contributed by atoms with Crippen LogP contribution < -0.4 is 0 Å². The first kappa shape index (κ1) is 42.7. The van der Waals surface area contributed by atoms with Crippen LogP contribution in [0.5, 0.6) is 0 Å². The summed E-state index contributed by atoms with van der Waals surface area (Å²) in [5, 5.41) is 9.15. The van der Waals surface area contributed by atoms with Crippen molar-refractivity contribution in [3.63, 3.8) is 0 Å². The molecule has 0 bridgehead atoms. The Hall–Kier alpha value is -8.93. The lowest BCUT2D eigenvalue weighted by atomic mass is 9.99. The number of rotatable bonds is 6. The number of fused-ring (bicyclic) bond motifs is 9. The van der Waals surface area contributed by atoms with Gasteiger partial charge in [-0.3, -0.25) is 4.57 Å². The van der Waals surface area contributed by atoms with Crippen molar-refractivity contribution >= 4 is 65.3 Å². The molecule has 0 radical (unpaired) electrons. The fraction of sp³-hybridized carbons (Fsp3) is 0.0469. The van der Waals surface area contributed by atoms with Crippen molar-refractivity contribution in [1.82, 2.24) is 19.5 Å². The Morgan fingerprint density at radius 1 is 0.391 bits per heavy atom. The van der Waals surface area contributed by atoms with Crippen LogP contribution in [0, 0.1) is 0 Å². The lowest BCUT2D eigenvalue weighted by molar-refractivity contribution is 0.669. The Balaban J connectivity index is 0.00000100. The highest BCUT2D eigenvalue weighted by atomic mass is 16.3. The highest BCUT2D eigenvalue weighted by molar-refractivity contribution is 6.20. The van der Waals surface area contributed by atoms with Gasteiger partial charge in [-0.15, -0.1) is 13.2 Å². The molecule has 0 saturated carbocycles. The topological polar surface area (TPSA) is 56.7 Å². The summed E-state index contributed by atoms with van der Waals surface area (Å²) in [7, 11) is 0. The van der Waals surface area contributed by atoms with E-state index in [9.17, 15) is 0 Å². The molecule has 0 aliphatic heterocycles. The predicted molar refractivity (Wildman–Crippen MR) is 291 cm³/mol. The molecule has 330 valence electrons. The van der Waals surface area contributed by atoms with Gasteiger partial charge >= 0.3 is 0 Å². The molecule has 0 saturated heterocycles. The van der Waals surface area contributed by atoms with E-state index in [1.165, 1.54) is 22.6 Å². The zero-order valence-electron chi connectivity index (χ0n) is 38.6. The predicted octanol–water partition coefficient (Wildman–Crippen LogP) is 17.7.